The van der Waals surface area contributed by atoms with Crippen LogP contribution in [0.1, 0.15) is 44.6 Å². The summed E-state index contributed by atoms with van der Waals surface area (Å²) >= 11 is 0. The molecular weight excluding hydrogens is 302 g/mol. The molecule has 1 aliphatic rings. The number of benzene rings is 1. The van der Waals surface area contributed by atoms with E-state index in [1.54, 1.807) is 0 Å². The summed E-state index contributed by atoms with van der Waals surface area (Å²) in [4.78, 5) is 14.0. The van der Waals surface area contributed by atoms with Crippen LogP contribution in [0, 0.1) is 0 Å². The van der Waals surface area contributed by atoms with E-state index in [-0.39, 0.29) is 6.03 Å². The smallest absolute Gasteiger partial charge is 0.315 e. The van der Waals surface area contributed by atoms with Crippen LogP contribution in [0.3, 0.4) is 0 Å². The van der Waals surface area contributed by atoms with E-state index in [1.807, 2.05) is 31.3 Å². The Balaban J connectivity index is 1.72. The number of likely N-dealkylation sites (N-methyl/N-ethyl adjacent to an activating group) is 1. The second-order valence-corrected chi connectivity index (χ2v) is 6.53. The third kappa shape index (κ3) is 6.79. The van der Waals surface area contributed by atoms with E-state index >= 15 is 0 Å². The van der Waals surface area contributed by atoms with Crippen molar-refractivity contribution in [3.05, 3.63) is 29.8 Å². The monoisotopic (exact) mass is 333 g/mol. The Labute approximate surface area is 145 Å². The Morgan fingerprint density at radius 1 is 1.25 bits per heavy atom. The van der Waals surface area contributed by atoms with Crippen LogP contribution in [-0.4, -0.2) is 43.7 Å². The number of amides is 2. The maximum absolute atomic E-state index is 11.8. The van der Waals surface area contributed by atoms with Crippen LogP contribution in [0.5, 0.6) is 5.75 Å². The van der Waals surface area contributed by atoms with Crippen LogP contribution >= 0.6 is 0 Å². The molecule has 1 aromatic carbocycles. The number of urea groups is 1. The molecule has 2 rings (SSSR count). The molecule has 0 atom stereocenters. The van der Waals surface area contributed by atoms with Gasteiger partial charge in [-0.25, -0.2) is 4.79 Å². The molecule has 0 saturated heterocycles. The van der Waals surface area contributed by atoms with Crippen LogP contribution in [0.4, 0.5) is 4.79 Å². The molecule has 24 heavy (non-hydrogen) atoms. The van der Waals surface area contributed by atoms with Crippen molar-refractivity contribution < 1.29 is 9.53 Å². The predicted molar refractivity (Wildman–Crippen MR) is 97.4 cm³/mol. The van der Waals surface area contributed by atoms with E-state index in [0.717, 1.165) is 37.2 Å². The Morgan fingerprint density at radius 2 is 2.04 bits per heavy atom. The molecule has 134 valence electrons. The largest absolute Gasteiger partial charge is 0.490 e. The summed E-state index contributed by atoms with van der Waals surface area (Å²) in [6.45, 7) is 5.10. The van der Waals surface area contributed by atoms with Gasteiger partial charge in [-0.3, -0.25) is 0 Å². The highest BCUT2D eigenvalue weighted by Crippen LogP contribution is 2.23. The number of hydrogen-bond donors (Lipinski definition) is 2. The lowest BCUT2D eigenvalue weighted by Crippen LogP contribution is -2.39. The van der Waals surface area contributed by atoms with E-state index in [1.165, 1.54) is 19.3 Å². The first-order chi connectivity index (χ1) is 11.7. The summed E-state index contributed by atoms with van der Waals surface area (Å²) in [6.07, 6.45) is 6.50. The zero-order valence-corrected chi connectivity index (χ0v) is 15.0. The van der Waals surface area contributed by atoms with Crippen molar-refractivity contribution >= 4 is 6.03 Å². The molecule has 0 bridgehead atoms. The van der Waals surface area contributed by atoms with Crippen molar-refractivity contribution in [2.75, 3.05) is 26.7 Å². The van der Waals surface area contributed by atoms with E-state index in [4.69, 9.17) is 4.74 Å². The number of carbonyl (C=O) groups excluding carboxylic acids is 1. The fourth-order valence-corrected chi connectivity index (χ4v) is 2.87. The molecule has 2 amide bonds. The minimum atomic E-state index is -0.127. The molecule has 1 fully saturated rings. The zero-order valence-electron chi connectivity index (χ0n) is 15.0. The second-order valence-electron chi connectivity index (χ2n) is 6.53. The normalized spacial score (nSPS) is 15.3. The van der Waals surface area contributed by atoms with Gasteiger partial charge in [0.15, 0.2) is 0 Å². The fourth-order valence-electron chi connectivity index (χ4n) is 2.87. The van der Waals surface area contributed by atoms with Gasteiger partial charge in [0.1, 0.15) is 5.75 Å². The lowest BCUT2D eigenvalue weighted by molar-refractivity contribution is 0.155. The van der Waals surface area contributed by atoms with E-state index in [9.17, 15) is 4.79 Å². The third-order valence-electron chi connectivity index (χ3n) is 4.53. The van der Waals surface area contributed by atoms with Gasteiger partial charge in [0.2, 0.25) is 0 Å². The zero-order chi connectivity index (χ0) is 17.2. The minimum Gasteiger partial charge on any atom is -0.490 e. The van der Waals surface area contributed by atoms with Crippen molar-refractivity contribution in [3.63, 3.8) is 0 Å². The average molecular weight is 333 g/mol. The van der Waals surface area contributed by atoms with Crippen molar-refractivity contribution in [1.82, 2.24) is 15.5 Å². The Hall–Kier alpha value is -1.75. The second kappa shape index (κ2) is 10.2. The summed E-state index contributed by atoms with van der Waals surface area (Å²) in [5, 5.41) is 5.77. The Bertz CT molecular complexity index is 501. The molecule has 5 heteroatoms. The first kappa shape index (κ1) is 18.6. The number of nitrogens with one attached hydrogen (secondary N) is 2. The number of carbonyl (C=O) groups is 1. The van der Waals surface area contributed by atoms with Gasteiger partial charge in [0.25, 0.3) is 0 Å². The first-order valence-corrected chi connectivity index (χ1v) is 9.13. The van der Waals surface area contributed by atoms with Crippen LogP contribution < -0.4 is 15.4 Å². The molecular formula is C19H31N3O2. The molecule has 0 heterocycles. The highest BCUT2D eigenvalue weighted by Gasteiger charge is 2.14. The summed E-state index contributed by atoms with van der Waals surface area (Å²) in [7, 11) is 2.04. The molecule has 0 aromatic heterocycles. The third-order valence-corrected chi connectivity index (χ3v) is 4.53. The fraction of sp³-hybridized carbons (Fsp3) is 0.632. The standard InChI is InChI=1S/C19H31N3O2/c1-3-22(2)13-12-20-19(23)21-15-16-8-7-11-18(14-16)24-17-9-5-4-6-10-17/h7-8,11,14,17H,3-6,9-10,12-13,15H2,1-2H3,(H2,20,21,23). The predicted octanol–water partition coefficient (Wildman–Crippen LogP) is 3.15. The van der Waals surface area contributed by atoms with Gasteiger partial charge in [-0.15, -0.1) is 0 Å². The lowest BCUT2D eigenvalue weighted by atomic mass is 9.98. The SMILES string of the molecule is CCN(C)CCNC(=O)NCc1cccc(OC2CCCCC2)c1. The quantitative estimate of drug-likeness (QED) is 0.768. The highest BCUT2D eigenvalue weighted by atomic mass is 16.5. The van der Waals surface area contributed by atoms with Gasteiger partial charge in [-0.1, -0.05) is 25.5 Å². The summed E-state index contributed by atoms with van der Waals surface area (Å²) in [5.41, 5.74) is 1.06. The van der Waals surface area contributed by atoms with Crippen LogP contribution in [0.15, 0.2) is 24.3 Å². The molecule has 0 spiro atoms. The molecule has 0 aliphatic heterocycles. The Morgan fingerprint density at radius 3 is 2.79 bits per heavy atom. The topological polar surface area (TPSA) is 53.6 Å². The number of ether oxygens (including phenoxy) is 1. The molecule has 0 unspecified atom stereocenters. The molecule has 0 radical (unpaired) electrons. The summed E-state index contributed by atoms with van der Waals surface area (Å²) < 4.78 is 6.07. The van der Waals surface area contributed by atoms with E-state index < -0.39 is 0 Å². The van der Waals surface area contributed by atoms with Crippen molar-refractivity contribution in [3.8, 4) is 5.75 Å². The van der Waals surface area contributed by atoms with Gasteiger partial charge in [0.05, 0.1) is 6.10 Å². The van der Waals surface area contributed by atoms with E-state index in [2.05, 4.69) is 22.5 Å². The lowest BCUT2D eigenvalue weighted by Gasteiger charge is -2.23. The van der Waals surface area contributed by atoms with Gasteiger partial charge in [-0.2, -0.15) is 0 Å². The number of hydrogen-bond acceptors (Lipinski definition) is 3. The summed E-state index contributed by atoms with van der Waals surface area (Å²) in [5.74, 6) is 0.908. The van der Waals surface area contributed by atoms with Gasteiger partial charge in [-0.05, 0) is 57.0 Å². The molecule has 5 nitrogen and oxygen atoms in total. The van der Waals surface area contributed by atoms with Crippen LogP contribution in [0.25, 0.3) is 0 Å². The highest BCUT2D eigenvalue weighted by molar-refractivity contribution is 5.73. The van der Waals surface area contributed by atoms with E-state index in [0.29, 0.717) is 19.2 Å². The Kier molecular flexibility index (Phi) is 7.89. The molecule has 1 saturated carbocycles. The maximum atomic E-state index is 11.8. The van der Waals surface area contributed by atoms with Crippen molar-refractivity contribution in [2.45, 2.75) is 51.7 Å². The molecule has 1 aliphatic carbocycles. The molecule has 2 N–H and O–H groups in total. The van der Waals surface area contributed by atoms with Crippen LogP contribution in [-0.2, 0) is 6.54 Å². The molecule has 1 aromatic rings. The summed E-state index contributed by atoms with van der Waals surface area (Å²) in [6, 6.07) is 7.90. The minimum absolute atomic E-state index is 0.127. The van der Waals surface area contributed by atoms with Crippen molar-refractivity contribution in [1.29, 1.82) is 0 Å². The number of nitrogens with zero attached hydrogens (tertiary/aromatic N) is 1. The van der Waals surface area contributed by atoms with Crippen molar-refractivity contribution in [2.24, 2.45) is 0 Å². The maximum Gasteiger partial charge on any atom is 0.315 e. The van der Waals surface area contributed by atoms with Gasteiger partial charge < -0.3 is 20.3 Å². The van der Waals surface area contributed by atoms with Crippen LogP contribution in [0.2, 0.25) is 0 Å². The average Bonchev–Trinajstić information content (AvgIpc) is 2.61. The van der Waals surface area contributed by atoms with Gasteiger partial charge in [0, 0.05) is 19.6 Å². The first-order valence-electron chi connectivity index (χ1n) is 9.13. The number of rotatable bonds is 8. The van der Waals surface area contributed by atoms with Gasteiger partial charge >= 0.3 is 6.03 Å².